The van der Waals surface area contributed by atoms with Crippen LogP contribution in [-0.4, -0.2) is 38.2 Å². The van der Waals surface area contributed by atoms with E-state index in [0.29, 0.717) is 11.9 Å². The average Bonchev–Trinajstić information content (AvgIpc) is 2.98. The number of nitrogens with one attached hydrogen (secondary N) is 2. The van der Waals surface area contributed by atoms with Crippen LogP contribution in [0.15, 0.2) is 23.0 Å². The maximum atomic E-state index is 13.2. The number of carbonyl (C=O) groups excluding carboxylic acids is 2. The van der Waals surface area contributed by atoms with Gasteiger partial charge in [0.05, 0.1) is 11.0 Å². The SMILES string of the molecule is Cn1c(=O)n(C2CCC(=O)NC2=O)c2cccc(C3CCC(NC(=O)O)C(C(C)(C)C)C3)c21. The van der Waals surface area contributed by atoms with Crippen LogP contribution in [0.2, 0.25) is 0 Å². The fraction of sp³-hybridized carbons (Fsp3) is 0.583. The van der Waals surface area contributed by atoms with Crippen LogP contribution in [0, 0.1) is 11.3 Å². The van der Waals surface area contributed by atoms with Gasteiger partial charge in [0.15, 0.2) is 0 Å². The Morgan fingerprint density at radius 3 is 2.52 bits per heavy atom. The summed E-state index contributed by atoms with van der Waals surface area (Å²) in [4.78, 5) is 48.7. The molecule has 1 saturated carbocycles. The van der Waals surface area contributed by atoms with E-state index in [1.165, 1.54) is 4.57 Å². The second-order valence-corrected chi connectivity index (χ2v) is 10.4. The van der Waals surface area contributed by atoms with Gasteiger partial charge in [-0.25, -0.2) is 9.59 Å². The van der Waals surface area contributed by atoms with E-state index >= 15 is 0 Å². The molecule has 1 saturated heterocycles. The Morgan fingerprint density at radius 1 is 1.15 bits per heavy atom. The molecule has 3 N–H and O–H groups in total. The monoisotopic (exact) mass is 456 g/mol. The zero-order chi connectivity index (χ0) is 24.1. The van der Waals surface area contributed by atoms with Crippen molar-refractivity contribution in [3.05, 3.63) is 34.2 Å². The lowest BCUT2D eigenvalue weighted by atomic mass is 9.65. The molecule has 9 heteroatoms. The van der Waals surface area contributed by atoms with Crippen LogP contribution in [0.5, 0.6) is 0 Å². The van der Waals surface area contributed by atoms with Crippen molar-refractivity contribution in [3.63, 3.8) is 0 Å². The molecule has 1 aromatic carbocycles. The first-order valence-electron chi connectivity index (χ1n) is 11.5. The summed E-state index contributed by atoms with van der Waals surface area (Å²) in [6.45, 7) is 6.39. The average molecular weight is 457 g/mol. The number of imide groups is 1. The van der Waals surface area contributed by atoms with Crippen LogP contribution in [0.4, 0.5) is 4.79 Å². The predicted octanol–water partition coefficient (Wildman–Crippen LogP) is 2.88. The number of aryl methyl sites for hydroxylation is 1. The van der Waals surface area contributed by atoms with Crippen molar-refractivity contribution in [2.24, 2.45) is 18.4 Å². The molecule has 178 valence electrons. The van der Waals surface area contributed by atoms with Crippen LogP contribution in [-0.2, 0) is 16.6 Å². The van der Waals surface area contributed by atoms with Crippen LogP contribution in [0.25, 0.3) is 11.0 Å². The number of amides is 3. The van der Waals surface area contributed by atoms with E-state index in [4.69, 9.17) is 0 Å². The van der Waals surface area contributed by atoms with E-state index < -0.39 is 18.0 Å². The van der Waals surface area contributed by atoms with Gasteiger partial charge < -0.3 is 10.4 Å². The van der Waals surface area contributed by atoms with Gasteiger partial charge in [0.1, 0.15) is 6.04 Å². The minimum Gasteiger partial charge on any atom is -0.465 e. The lowest BCUT2D eigenvalue weighted by molar-refractivity contribution is -0.135. The fourth-order valence-corrected chi connectivity index (χ4v) is 5.77. The topological polar surface area (TPSA) is 122 Å². The smallest absolute Gasteiger partial charge is 0.404 e. The summed E-state index contributed by atoms with van der Waals surface area (Å²) in [7, 11) is 1.72. The van der Waals surface area contributed by atoms with Crippen molar-refractivity contribution in [1.29, 1.82) is 0 Å². The molecular formula is C24H32N4O5. The lowest BCUT2D eigenvalue weighted by Gasteiger charge is -2.43. The normalized spacial score (nSPS) is 26.3. The summed E-state index contributed by atoms with van der Waals surface area (Å²) in [5, 5.41) is 14.4. The summed E-state index contributed by atoms with van der Waals surface area (Å²) in [6.07, 6.45) is 1.81. The van der Waals surface area contributed by atoms with Gasteiger partial charge in [0.2, 0.25) is 11.8 Å². The first-order valence-corrected chi connectivity index (χ1v) is 11.5. The second-order valence-electron chi connectivity index (χ2n) is 10.4. The van der Waals surface area contributed by atoms with Gasteiger partial charge in [-0.2, -0.15) is 0 Å². The highest BCUT2D eigenvalue weighted by Gasteiger charge is 2.40. The van der Waals surface area contributed by atoms with E-state index in [1.807, 2.05) is 18.2 Å². The lowest BCUT2D eigenvalue weighted by Crippen LogP contribution is -2.47. The van der Waals surface area contributed by atoms with Crippen molar-refractivity contribution in [2.75, 3.05) is 0 Å². The Balaban J connectivity index is 1.75. The fourth-order valence-electron chi connectivity index (χ4n) is 5.77. The van der Waals surface area contributed by atoms with E-state index in [9.17, 15) is 24.3 Å². The van der Waals surface area contributed by atoms with Crippen LogP contribution < -0.4 is 16.3 Å². The predicted molar refractivity (Wildman–Crippen MR) is 123 cm³/mol. The first-order chi connectivity index (χ1) is 15.5. The van der Waals surface area contributed by atoms with E-state index in [1.54, 1.807) is 11.6 Å². The number of rotatable bonds is 3. The Kier molecular flexibility index (Phi) is 5.84. The first kappa shape index (κ1) is 23.1. The number of piperidine rings is 1. The molecule has 1 aliphatic carbocycles. The van der Waals surface area contributed by atoms with Crippen molar-refractivity contribution in [1.82, 2.24) is 19.8 Å². The zero-order valence-corrected chi connectivity index (χ0v) is 19.6. The van der Waals surface area contributed by atoms with Gasteiger partial charge >= 0.3 is 11.8 Å². The maximum Gasteiger partial charge on any atom is 0.404 e. The molecular weight excluding hydrogens is 424 g/mol. The minimum atomic E-state index is -1.00. The summed E-state index contributed by atoms with van der Waals surface area (Å²) >= 11 is 0. The summed E-state index contributed by atoms with van der Waals surface area (Å²) < 4.78 is 3.11. The van der Waals surface area contributed by atoms with Gasteiger partial charge in [-0.15, -0.1) is 0 Å². The highest BCUT2D eigenvalue weighted by atomic mass is 16.4. The molecule has 1 aromatic heterocycles. The number of hydrogen-bond acceptors (Lipinski definition) is 4. The number of nitrogens with zero attached hydrogens (tertiary/aromatic N) is 2. The molecule has 9 nitrogen and oxygen atoms in total. The molecule has 4 atom stereocenters. The molecule has 0 radical (unpaired) electrons. The Morgan fingerprint density at radius 2 is 1.88 bits per heavy atom. The van der Waals surface area contributed by atoms with Gasteiger partial charge in [0.25, 0.3) is 0 Å². The molecule has 1 aliphatic heterocycles. The second kappa shape index (κ2) is 8.35. The number of aromatic nitrogens is 2. The number of carboxylic acid groups (broad SMARTS) is 1. The molecule has 2 aliphatic rings. The standard InChI is InChI=1S/C24H32N4O5/c1-24(2,3)15-12-13(8-9-16(15)25-22(31)32)14-6-5-7-17-20(14)27(4)23(33)28(17)18-10-11-19(29)26-21(18)30/h5-7,13,15-16,18,25H,8-12H2,1-4H3,(H,31,32)(H,26,29,30). The van der Waals surface area contributed by atoms with E-state index in [2.05, 4.69) is 31.4 Å². The van der Waals surface area contributed by atoms with Crippen molar-refractivity contribution >= 4 is 28.9 Å². The summed E-state index contributed by atoms with van der Waals surface area (Å²) in [5.74, 6) is -0.464. The van der Waals surface area contributed by atoms with Gasteiger partial charge in [-0.05, 0) is 54.6 Å². The Labute approximate surface area is 192 Å². The van der Waals surface area contributed by atoms with Crippen LogP contribution in [0.3, 0.4) is 0 Å². The van der Waals surface area contributed by atoms with Crippen molar-refractivity contribution < 1.29 is 19.5 Å². The van der Waals surface area contributed by atoms with E-state index in [0.717, 1.165) is 30.3 Å². The molecule has 2 aromatic rings. The van der Waals surface area contributed by atoms with Crippen molar-refractivity contribution in [3.8, 4) is 0 Å². The summed E-state index contributed by atoms with van der Waals surface area (Å²) in [5.41, 5.74) is 2.16. The largest absolute Gasteiger partial charge is 0.465 e. The Bertz CT molecular complexity index is 1170. The Hall–Kier alpha value is -3.10. The number of carbonyl (C=O) groups is 3. The molecule has 3 amide bonds. The van der Waals surface area contributed by atoms with Crippen molar-refractivity contribution in [2.45, 2.75) is 70.9 Å². The molecule has 0 spiro atoms. The quantitative estimate of drug-likeness (QED) is 0.613. The highest BCUT2D eigenvalue weighted by Crippen LogP contribution is 2.45. The molecule has 33 heavy (non-hydrogen) atoms. The number of benzene rings is 1. The number of fused-ring (bicyclic) bond motifs is 1. The summed E-state index contributed by atoms with van der Waals surface area (Å²) in [6, 6.07) is 4.96. The molecule has 4 unspecified atom stereocenters. The number of imidazole rings is 1. The van der Waals surface area contributed by atoms with Crippen LogP contribution in [0.1, 0.15) is 70.4 Å². The minimum absolute atomic E-state index is 0.0930. The molecule has 4 rings (SSSR count). The highest BCUT2D eigenvalue weighted by molar-refractivity contribution is 6.00. The van der Waals surface area contributed by atoms with Crippen LogP contribution >= 0.6 is 0 Å². The molecule has 2 heterocycles. The maximum absolute atomic E-state index is 13.2. The number of para-hydroxylation sites is 1. The molecule has 2 fully saturated rings. The number of hydrogen-bond donors (Lipinski definition) is 3. The third kappa shape index (κ3) is 4.16. The van der Waals surface area contributed by atoms with E-state index in [-0.39, 0.29) is 41.3 Å². The third-order valence-corrected chi connectivity index (χ3v) is 7.37. The van der Waals surface area contributed by atoms with Gasteiger partial charge in [0, 0.05) is 19.5 Å². The third-order valence-electron chi connectivity index (χ3n) is 7.37. The van der Waals surface area contributed by atoms with Gasteiger partial charge in [-0.3, -0.25) is 24.0 Å². The van der Waals surface area contributed by atoms with Gasteiger partial charge in [-0.1, -0.05) is 32.9 Å². The zero-order valence-electron chi connectivity index (χ0n) is 19.6. The molecule has 0 bridgehead atoms.